The summed E-state index contributed by atoms with van der Waals surface area (Å²) in [5.74, 6) is 0.871. The van der Waals surface area contributed by atoms with Gasteiger partial charge >= 0.3 is 0 Å². The summed E-state index contributed by atoms with van der Waals surface area (Å²) in [5.41, 5.74) is 2.06. The van der Waals surface area contributed by atoms with Crippen LogP contribution in [0, 0.1) is 6.92 Å². The van der Waals surface area contributed by atoms with Gasteiger partial charge in [-0.25, -0.2) is 0 Å². The van der Waals surface area contributed by atoms with Gasteiger partial charge in [0.15, 0.2) is 0 Å². The molecule has 1 aliphatic heterocycles. The van der Waals surface area contributed by atoms with Gasteiger partial charge in [0.05, 0.1) is 19.8 Å². The summed E-state index contributed by atoms with van der Waals surface area (Å²) in [4.78, 5) is 0. The zero-order valence-electron chi connectivity index (χ0n) is 10.4. The normalized spacial score (nSPS) is 24.7. The molecule has 0 saturated carbocycles. The number of nitrogens with one attached hydrogen (secondary N) is 1. The van der Waals surface area contributed by atoms with E-state index in [2.05, 4.69) is 12.2 Å². The minimum Gasteiger partial charge on any atom is -0.496 e. The highest BCUT2D eigenvalue weighted by molar-refractivity contribution is 6.30. The van der Waals surface area contributed by atoms with Crippen molar-refractivity contribution in [2.75, 3.05) is 20.3 Å². The Hall–Kier alpha value is -0.770. The number of morpholine rings is 1. The third-order valence-electron chi connectivity index (χ3n) is 3.02. The predicted octanol–water partition coefficient (Wildman–Crippen LogP) is 2.71. The number of ether oxygens (including phenoxy) is 2. The summed E-state index contributed by atoms with van der Waals surface area (Å²) in [7, 11) is 1.68. The van der Waals surface area contributed by atoms with Crippen LogP contribution in [-0.4, -0.2) is 26.3 Å². The van der Waals surface area contributed by atoms with Crippen LogP contribution in [0.4, 0.5) is 0 Å². The molecular weight excluding hydrogens is 238 g/mol. The van der Waals surface area contributed by atoms with Crippen LogP contribution < -0.4 is 10.1 Å². The molecule has 0 amide bonds. The lowest BCUT2D eigenvalue weighted by molar-refractivity contribution is 0.00569. The van der Waals surface area contributed by atoms with E-state index < -0.39 is 0 Å². The molecule has 2 unspecified atom stereocenters. The highest BCUT2D eigenvalue weighted by Crippen LogP contribution is 2.34. The van der Waals surface area contributed by atoms with Crippen LogP contribution >= 0.6 is 11.6 Å². The first kappa shape index (κ1) is 12.7. The van der Waals surface area contributed by atoms with Crippen LogP contribution in [0.25, 0.3) is 0 Å². The average Bonchev–Trinajstić information content (AvgIpc) is 2.29. The monoisotopic (exact) mass is 255 g/mol. The molecule has 4 heteroatoms. The van der Waals surface area contributed by atoms with Gasteiger partial charge in [-0.1, -0.05) is 11.6 Å². The molecule has 1 saturated heterocycles. The standard InChI is InChI=1S/C13H18ClNO2/c1-8-4-10(14)5-11(13(8)16-3)12-6-15-9(2)7-17-12/h4-5,9,12,15H,6-7H2,1-3H3. The van der Waals surface area contributed by atoms with Gasteiger partial charge in [0, 0.05) is 23.2 Å². The lowest BCUT2D eigenvalue weighted by Gasteiger charge is -2.29. The Morgan fingerprint density at radius 3 is 2.82 bits per heavy atom. The summed E-state index contributed by atoms with van der Waals surface area (Å²) in [5, 5.41) is 4.12. The van der Waals surface area contributed by atoms with Gasteiger partial charge in [0.2, 0.25) is 0 Å². The summed E-state index contributed by atoms with van der Waals surface area (Å²) >= 11 is 6.10. The van der Waals surface area contributed by atoms with E-state index in [-0.39, 0.29) is 6.10 Å². The maximum atomic E-state index is 6.10. The fraction of sp³-hybridized carbons (Fsp3) is 0.538. The molecule has 0 radical (unpaired) electrons. The van der Waals surface area contributed by atoms with E-state index in [1.165, 1.54) is 0 Å². The van der Waals surface area contributed by atoms with Gasteiger partial charge in [-0.3, -0.25) is 0 Å². The number of hydrogen-bond donors (Lipinski definition) is 1. The van der Waals surface area contributed by atoms with Crippen molar-refractivity contribution in [1.82, 2.24) is 5.32 Å². The lowest BCUT2D eigenvalue weighted by atomic mass is 10.0. The molecule has 1 aromatic carbocycles. The van der Waals surface area contributed by atoms with Crippen LogP contribution in [-0.2, 0) is 4.74 Å². The Balaban J connectivity index is 2.30. The first-order chi connectivity index (χ1) is 8.11. The molecular formula is C13H18ClNO2. The van der Waals surface area contributed by atoms with Crippen molar-refractivity contribution in [3.63, 3.8) is 0 Å². The largest absolute Gasteiger partial charge is 0.496 e. The number of hydrogen-bond acceptors (Lipinski definition) is 3. The molecule has 1 fully saturated rings. The number of methoxy groups -OCH3 is 1. The Kier molecular flexibility index (Phi) is 3.92. The van der Waals surface area contributed by atoms with Crippen molar-refractivity contribution < 1.29 is 9.47 Å². The molecule has 94 valence electrons. The molecule has 2 rings (SSSR count). The molecule has 1 aromatic rings. The van der Waals surface area contributed by atoms with E-state index in [1.54, 1.807) is 7.11 Å². The Morgan fingerprint density at radius 2 is 2.24 bits per heavy atom. The van der Waals surface area contributed by atoms with Crippen molar-refractivity contribution in [1.29, 1.82) is 0 Å². The fourth-order valence-corrected chi connectivity index (χ4v) is 2.44. The van der Waals surface area contributed by atoms with E-state index >= 15 is 0 Å². The predicted molar refractivity (Wildman–Crippen MR) is 68.9 cm³/mol. The number of aryl methyl sites for hydroxylation is 1. The number of rotatable bonds is 2. The van der Waals surface area contributed by atoms with E-state index in [9.17, 15) is 0 Å². The van der Waals surface area contributed by atoms with E-state index in [1.807, 2.05) is 19.1 Å². The maximum absolute atomic E-state index is 6.10. The number of benzene rings is 1. The second-order valence-electron chi connectivity index (χ2n) is 4.48. The van der Waals surface area contributed by atoms with Crippen molar-refractivity contribution >= 4 is 11.6 Å². The molecule has 1 heterocycles. The highest BCUT2D eigenvalue weighted by Gasteiger charge is 2.23. The Morgan fingerprint density at radius 1 is 1.47 bits per heavy atom. The molecule has 0 aromatic heterocycles. The van der Waals surface area contributed by atoms with Gasteiger partial charge in [0.1, 0.15) is 5.75 Å². The molecule has 2 atom stereocenters. The topological polar surface area (TPSA) is 30.5 Å². The first-order valence-corrected chi connectivity index (χ1v) is 6.18. The van der Waals surface area contributed by atoms with Gasteiger partial charge in [-0.15, -0.1) is 0 Å². The summed E-state index contributed by atoms with van der Waals surface area (Å²) in [6, 6.07) is 4.23. The third kappa shape index (κ3) is 2.73. The smallest absolute Gasteiger partial charge is 0.127 e. The molecule has 0 spiro atoms. The molecule has 1 aliphatic rings. The van der Waals surface area contributed by atoms with Crippen molar-refractivity contribution in [2.45, 2.75) is 26.0 Å². The second-order valence-corrected chi connectivity index (χ2v) is 4.91. The van der Waals surface area contributed by atoms with Gasteiger partial charge in [0.25, 0.3) is 0 Å². The molecule has 3 nitrogen and oxygen atoms in total. The lowest BCUT2D eigenvalue weighted by Crippen LogP contribution is -2.40. The fourth-order valence-electron chi connectivity index (χ4n) is 2.16. The minimum atomic E-state index is 0.0125. The SMILES string of the molecule is COc1c(C)cc(Cl)cc1C1CNC(C)CO1. The van der Waals surface area contributed by atoms with Crippen LogP contribution in [0.2, 0.25) is 5.02 Å². The van der Waals surface area contributed by atoms with Crippen LogP contribution in [0.15, 0.2) is 12.1 Å². The van der Waals surface area contributed by atoms with Crippen molar-refractivity contribution in [3.8, 4) is 5.75 Å². The molecule has 17 heavy (non-hydrogen) atoms. The Labute approximate surface area is 107 Å². The second kappa shape index (κ2) is 5.25. The van der Waals surface area contributed by atoms with Crippen LogP contribution in [0.3, 0.4) is 0 Å². The first-order valence-electron chi connectivity index (χ1n) is 5.81. The average molecular weight is 256 g/mol. The summed E-state index contributed by atoms with van der Waals surface area (Å²) in [6.45, 7) is 5.60. The van der Waals surface area contributed by atoms with Crippen molar-refractivity contribution in [3.05, 3.63) is 28.3 Å². The molecule has 1 N–H and O–H groups in total. The molecule has 0 bridgehead atoms. The quantitative estimate of drug-likeness (QED) is 0.882. The highest BCUT2D eigenvalue weighted by atomic mass is 35.5. The number of halogens is 1. The maximum Gasteiger partial charge on any atom is 0.127 e. The Bertz CT molecular complexity index is 401. The summed E-state index contributed by atoms with van der Waals surface area (Å²) < 4.78 is 11.3. The van der Waals surface area contributed by atoms with Crippen molar-refractivity contribution in [2.24, 2.45) is 0 Å². The van der Waals surface area contributed by atoms with Gasteiger partial charge < -0.3 is 14.8 Å². The van der Waals surface area contributed by atoms with E-state index in [0.29, 0.717) is 12.6 Å². The summed E-state index contributed by atoms with van der Waals surface area (Å²) in [6.07, 6.45) is 0.0125. The zero-order chi connectivity index (χ0) is 12.4. The van der Waals surface area contributed by atoms with Crippen LogP contribution in [0.5, 0.6) is 5.75 Å². The van der Waals surface area contributed by atoms with Crippen LogP contribution in [0.1, 0.15) is 24.2 Å². The minimum absolute atomic E-state index is 0.0125. The van der Waals surface area contributed by atoms with E-state index in [0.717, 1.165) is 28.4 Å². The van der Waals surface area contributed by atoms with Gasteiger partial charge in [-0.05, 0) is 31.5 Å². The molecule has 0 aliphatic carbocycles. The van der Waals surface area contributed by atoms with E-state index in [4.69, 9.17) is 21.1 Å². The van der Waals surface area contributed by atoms with Gasteiger partial charge in [-0.2, -0.15) is 0 Å². The third-order valence-corrected chi connectivity index (χ3v) is 3.24. The zero-order valence-corrected chi connectivity index (χ0v) is 11.2.